The fourth-order valence-electron chi connectivity index (χ4n) is 2.52. The SMILES string of the molecule is NC(=O)Nc1ccc(C(=O)NCCC2CCCC2)nc1. The molecule has 0 saturated heterocycles. The van der Waals surface area contributed by atoms with Gasteiger partial charge in [-0.15, -0.1) is 0 Å². The van der Waals surface area contributed by atoms with Crippen LogP contribution in [0.5, 0.6) is 0 Å². The van der Waals surface area contributed by atoms with Crippen LogP contribution in [0.25, 0.3) is 0 Å². The van der Waals surface area contributed by atoms with E-state index in [9.17, 15) is 9.59 Å². The first-order chi connectivity index (χ1) is 9.65. The second-order valence-corrected chi connectivity index (χ2v) is 5.12. The number of pyridine rings is 1. The zero-order chi connectivity index (χ0) is 14.4. The molecule has 108 valence electrons. The van der Waals surface area contributed by atoms with E-state index in [1.165, 1.54) is 31.9 Å². The van der Waals surface area contributed by atoms with E-state index in [1.54, 1.807) is 12.1 Å². The van der Waals surface area contributed by atoms with Crippen LogP contribution in [-0.2, 0) is 0 Å². The number of hydrogen-bond acceptors (Lipinski definition) is 3. The van der Waals surface area contributed by atoms with Gasteiger partial charge in [0.05, 0.1) is 11.9 Å². The fourth-order valence-corrected chi connectivity index (χ4v) is 2.52. The smallest absolute Gasteiger partial charge is 0.316 e. The summed E-state index contributed by atoms with van der Waals surface area (Å²) in [4.78, 5) is 26.5. The highest BCUT2D eigenvalue weighted by Crippen LogP contribution is 2.26. The van der Waals surface area contributed by atoms with Crippen molar-refractivity contribution < 1.29 is 9.59 Å². The van der Waals surface area contributed by atoms with E-state index in [1.807, 2.05) is 0 Å². The molecule has 0 radical (unpaired) electrons. The van der Waals surface area contributed by atoms with Gasteiger partial charge in [-0.2, -0.15) is 0 Å². The lowest BCUT2D eigenvalue weighted by atomic mass is 10.0. The molecule has 0 atom stereocenters. The molecule has 6 nitrogen and oxygen atoms in total. The molecule has 1 fully saturated rings. The van der Waals surface area contributed by atoms with Crippen molar-refractivity contribution in [2.24, 2.45) is 11.7 Å². The van der Waals surface area contributed by atoms with Crippen molar-refractivity contribution in [3.8, 4) is 0 Å². The molecule has 1 heterocycles. The van der Waals surface area contributed by atoms with E-state index in [-0.39, 0.29) is 5.91 Å². The maximum atomic E-state index is 11.9. The molecule has 2 rings (SSSR count). The van der Waals surface area contributed by atoms with Crippen molar-refractivity contribution >= 4 is 17.6 Å². The van der Waals surface area contributed by atoms with Gasteiger partial charge in [0.1, 0.15) is 5.69 Å². The number of primary amides is 1. The lowest BCUT2D eigenvalue weighted by Crippen LogP contribution is -2.26. The quantitative estimate of drug-likeness (QED) is 0.766. The number of aromatic nitrogens is 1. The number of carbonyl (C=O) groups excluding carboxylic acids is 2. The van der Waals surface area contributed by atoms with Gasteiger partial charge in [0.15, 0.2) is 0 Å². The molecule has 3 amide bonds. The zero-order valence-corrected chi connectivity index (χ0v) is 11.4. The van der Waals surface area contributed by atoms with Gasteiger partial charge in [-0.3, -0.25) is 4.79 Å². The molecule has 0 unspecified atom stereocenters. The topological polar surface area (TPSA) is 97.1 Å². The molecule has 0 aromatic carbocycles. The lowest BCUT2D eigenvalue weighted by Gasteiger charge is -2.09. The maximum Gasteiger partial charge on any atom is 0.316 e. The van der Waals surface area contributed by atoms with Crippen molar-refractivity contribution in [3.05, 3.63) is 24.0 Å². The van der Waals surface area contributed by atoms with Gasteiger partial charge >= 0.3 is 6.03 Å². The van der Waals surface area contributed by atoms with Gasteiger partial charge in [-0.05, 0) is 24.5 Å². The Kier molecular flexibility index (Phi) is 4.92. The minimum atomic E-state index is -0.652. The van der Waals surface area contributed by atoms with E-state index >= 15 is 0 Å². The predicted octanol–water partition coefficient (Wildman–Crippen LogP) is 1.88. The molecular weight excluding hydrogens is 256 g/mol. The number of rotatable bonds is 5. The molecule has 1 aliphatic carbocycles. The lowest BCUT2D eigenvalue weighted by molar-refractivity contribution is 0.0946. The Labute approximate surface area is 118 Å². The van der Waals surface area contributed by atoms with E-state index < -0.39 is 6.03 Å². The summed E-state index contributed by atoms with van der Waals surface area (Å²) in [5.41, 5.74) is 5.80. The highest BCUT2D eigenvalue weighted by Gasteiger charge is 2.15. The van der Waals surface area contributed by atoms with E-state index in [0.717, 1.165) is 12.3 Å². The van der Waals surface area contributed by atoms with Gasteiger partial charge in [-0.1, -0.05) is 25.7 Å². The number of carbonyl (C=O) groups is 2. The van der Waals surface area contributed by atoms with E-state index in [4.69, 9.17) is 5.73 Å². The number of nitrogens with zero attached hydrogens (tertiary/aromatic N) is 1. The van der Waals surface area contributed by atoms with Crippen molar-refractivity contribution in [1.29, 1.82) is 0 Å². The Hall–Kier alpha value is -2.11. The molecule has 1 saturated carbocycles. The second kappa shape index (κ2) is 6.88. The molecule has 1 aliphatic rings. The molecular formula is C14H20N4O2. The summed E-state index contributed by atoms with van der Waals surface area (Å²) < 4.78 is 0. The molecule has 20 heavy (non-hydrogen) atoms. The predicted molar refractivity (Wildman–Crippen MR) is 76.4 cm³/mol. The fraction of sp³-hybridized carbons (Fsp3) is 0.500. The van der Waals surface area contributed by atoms with Gasteiger partial charge < -0.3 is 16.4 Å². The van der Waals surface area contributed by atoms with E-state index in [2.05, 4.69) is 15.6 Å². The molecule has 1 aromatic heterocycles. The third-order valence-corrected chi connectivity index (χ3v) is 3.58. The number of amides is 3. The third-order valence-electron chi connectivity index (χ3n) is 3.58. The first-order valence-electron chi connectivity index (χ1n) is 6.96. The summed E-state index contributed by atoms with van der Waals surface area (Å²) in [6.45, 7) is 0.687. The monoisotopic (exact) mass is 276 g/mol. The Balaban J connectivity index is 1.78. The van der Waals surface area contributed by atoms with Gasteiger partial charge in [0.25, 0.3) is 5.91 Å². The van der Waals surface area contributed by atoms with Crippen molar-refractivity contribution in [2.75, 3.05) is 11.9 Å². The number of anilines is 1. The second-order valence-electron chi connectivity index (χ2n) is 5.12. The third kappa shape index (κ3) is 4.22. The largest absolute Gasteiger partial charge is 0.351 e. The molecule has 1 aromatic rings. The molecule has 0 aliphatic heterocycles. The molecule has 0 spiro atoms. The van der Waals surface area contributed by atoms with Crippen LogP contribution < -0.4 is 16.4 Å². The number of nitrogens with one attached hydrogen (secondary N) is 2. The van der Waals surface area contributed by atoms with Crippen LogP contribution in [0.4, 0.5) is 10.5 Å². The van der Waals surface area contributed by atoms with Gasteiger partial charge in [0.2, 0.25) is 0 Å². The van der Waals surface area contributed by atoms with Crippen LogP contribution in [-0.4, -0.2) is 23.5 Å². The summed E-state index contributed by atoms with van der Waals surface area (Å²) in [7, 11) is 0. The highest BCUT2D eigenvalue weighted by molar-refractivity contribution is 5.93. The Bertz CT molecular complexity index is 467. The molecule has 4 N–H and O–H groups in total. The van der Waals surface area contributed by atoms with Crippen molar-refractivity contribution in [2.45, 2.75) is 32.1 Å². The number of hydrogen-bond donors (Lipinski definition) is 3. The molecule has 6 heteroatoms. The van der Waals surface area contributed by atoms with E-state index in [0.29, 0.717) is 17.9 Å². The van der Waals surface area contributed by atoms with Crippen LogP contribution in [0.1, 0.15) is 42.6 Å². The number of urea groups is 1. The van der Waals surface area contributed by atoms with Gasteiger partial charge in [0, 0.05) is 6.54 Å². The van der Waals surface area contributed by atoms with Crippen LogP contribution in [0.15, 0.2) is 18.3 Å². The Morgan fingerprint density at radius 2 is 2.05 bits per heavy atom. The van der Waals surface area contributed by atoms with Crippen LogP contribution >= 0.6 is 0 Å². The normalized spacial score (nSPS) is 15.0. The summed E-state index contributed by atoms with van der Waals surface area (Å²) in [6, 6.07) is 2.51. The summed E-state index contributed by atoms with van der Waals surface area (Å²) in [5, 5.41) is 5.27. The maximum absolute atomic E-state index is 11.9. The average Bonchev–Trinajstić information content (AvgIpc) is 2.92. The van der Waals surface area contributed by atoms with Crippen LogP contribution in [0.2, 0.25) is 0 Å². The Morgan fingerprint density at radius 1 is 1.30 bits per heavy atom. The summed E-state index contributed by atoms with van der Waals surface area (Å²) in [6.07, 6.45) is 7.63. The Morgan fingerprint density at radius 3 is 2.65 bits per heavy atom. The zero-order valence-electron chi connectivity index (χ0n) is 11.4. The average molecular weight is 276 g/mol. The van der Waals surface area contributed by atoms with Crippen molar-refractivity contribution in [1.82, 2.24) is 10.3 Å². The summed E-state index contributed by atoms with van der Waals surface area (Å²) in [5.74, 6) is 0.569. The van der Waals surface area contributed by atoms with Crippen LogP contribution in [0, 0.1) is 5.92 Å². The first kappa shape index (κ1) is 14.3. The van der Waals surface area contributed by atoms with Gasteiger partial charge in [-0.25, -0.2) is 9.78 Å². The number of nitrogens with two attached hydrogens (primary N) is 1. The minimum absolute atomic E-state index is 0.186. The summed E-state index contributed by atoms with van der Waals surface area (Å²) >= 11 is 0. The molecule has 0 bridgehead atoms. The highest BCUT2D eigenvalue weighted by atomic mass is 16.2. The minimum Gasteiger partial charge on any atom is -0.351 e. The standard InChI is InChI=1S/C14H20N4O2/c15-14(20)18-11-5-6-12(17-9-11)13(19)16-8-7-10-3-1-2-4-10/h5-6,9-10H,1-4,7-8H2,(H,16,19)(H3,15,18,20). The first-order valence-corrected chi connectivity index (χ1v) is 6.96. The van der Waals surface area contributed by atoms with Crippen LogP contribution in [0.3, 0.4) is 0 Å². The van der Waals surface area contributed by atoms with Crippen molar-refractivity contribution in [3.63, 3.8) is 0 Å².